The normalized spacial score (nSPS) is 15.8. The summed E-state index contributed by atoms with van der Waals surface area (Å²) in [4.78, 5) is 15.0. The third kappa shape index (κ3) is 3.41. The number of para-hydroxylation sites is 1. The molecule has 0 saturated carbocycles. The number of anilines is 1. The Hall–Kier alpha value is -2.31. The summed E-state index contributed by atoms with van der Waals surface area (Å²) in [7, 11) is 3.19. The van der Waals surface area contributed by atoms with Gasteiger partial charge in [0, 0.05) is 11.6 Å². The maximum Gasteiger partial charge on any atom is 0.270 e. The van der Waals surface area contributed by atoms with Crippen LogP contribution < -0.4 is 14.4 Å². The standard InChI is InChI=1S/C19H17NO3S2/c1-12-6-4-5-7-15(12)20-18(21)17(25-19(20)24)10-13-8-9-14(22-2)11-16(13)23-3/h4-11H,1-3H3. The molecule has 1 aliphatic heterocycles. The molecular weight excluding hydrogens is 354 g/mol. The highest BCUT2D eigenvalue weighted by atomic mass is 32.2. The number of carbonyl (C=O) groups excluding carboxylic acids is 1. The minimum Gasteiger partial charge on any atom is -0.497 e. The highest BCUT2D eigenvalue weighted by molar-refractivity contribution is 8.27. The third-order valence-electron chi connectivity index (χ3n) is 3.88. The van der Waals surface area contributed by atoms with Crippen LogP contribution in [0.3, 0.4) is 0 Å². The van der Waals surface area contributed by atoms with Crippen molar-refractivity contribution in [2.75, 3.05) is 19.1 Å². The number of hydrogen-bond acceptors (Lipinski definition) is 5. The van der Waals surface area contributed by atoms with Gasteiger partial charge in [0.1, 0.15) is 11.5 Å². The molecule has 1 fully saturated rings. The molecule has 1 amide bonds. The van der Waals surface area contributed by atoms with E-state index in [-0.39, 0.29) is 5.91 Å². The second-order valence-electron chi connectivity index (χ2n) is 5.41. The molecule has 1 saturated heterocycles. The Bertz CT molecular complexity index is 877. The number of benzene rings is 2. The van der Waals surface area contributed by atoms with Crippen molar-refractivity contribution < 1.29 is 14.3 Å². The van der Waals surface area contributed by atoms with E-state index in [9.17, 15) is 4.79 Å². The lowest BCUT2D eigenvalue weighted by molar-refractivity contribution is -0.113. The van der Waals surface area contributed by atoms with E-state index in [1.165, 1.54) is 11.8 Å². The van der Waals surface area contributed by atoms with Crippen LogP contribution in [0.25, 0.3) is 6.08 Å². The van der Waals surface area contributed by atoms with Crippen molar-refractivity contribution in [2.24, 2.45) is 0 Å². The monoisotopic (exact) mass is 371 g/mol. The second-order valence-corrected chi connectivity index (χ2v) is 7.09. The zero-order valence-electron chi connectivity index (χ0n) is 14.1. The molecule has 0 atom stereocenters. The molecule has 0 unspecified atom stereocenters. The third-order valence-corrected chi connectivity index (χ3v) is 5.18. The van der Waals surface area contributed by atoms with Crippen molar-refractivity contribution in [1.82, 2.24) is 0 Å². The minimum absolute atomic E-state index is 0.123. The van der Waals surface area contributed by atoms with Gasteiger partial charge < -0.3 is 9.47 Å². The van der Waals surface area contributed by atoms with Crippen LogP contribution in [-0.4, -0.2) is 24.4 Å². The maximum atomic E-state index is 12.9. The first-order valence-corrected chi connectivity index (χ1v) is 8.83. The van der Waals surface area contributed by atoms with Gasteiger partial charge in [0.25, 0.3) is 5.91 Å². The summed E-state index contributed by atoms with van der Waals surface area (Å²) in [5, 5.41) is 0. The van der Waals surface area contributed by atoms with Gasteiger partial charge in [0.05, 0.1) is 24.8 Å². The molecule has 2 aromatic carbocycles. The zero-order valence-corrected chi connectivity index (χ0v) is 15.7. The number of thioether (sulfide) groups is 1. The predicted molar refractivity (Wildman–Crippen MR) is 106 cm³/mol. The minimum atomic E-state index is -0.123. The van der Waals surface area contributed by atoms with Gasteiger partial charge in [0.15, 0.2) is 4.32 Å². The fourth-order valence-corrected chi connectivity index (χ4v) is 3.84. The molecule has 128 valence electrons. The van der Waals surface area contributed by atoms with Crippen molar-refractivity contribution >= 4 is 46.0 Å². The number of thiocarbonyl (C=S) groups is 1. The van der Waals surface area contributed by atoms with Crippen molar-refractivity contribution in [3.05, 3.63) is 58.5 Å². The summed E-state index contributed by atoms with van der Waals surface area (Å²) in [6, 6.07) is 13.2. The highest BCUT2D eigenvalue weighted by Crippen LogP contribution is 2.38. The summed E-state index contributed by atoms with van der Waals surface area (Å²) in [6.45, 7) is 1.96. The lowest BCUT2D eigenvalue weighted by atomic mass is 10.1. The fraction of sp³-hybridized carbons (Fsp3) is 0.158. The highest BCUT2D eigenvalue weighted by Gasteiger charge is 2.34. The Morgan fingerprint density at radius 2 is 1.88 bits per heavy atom. The van der Waals surface area contributed by atoms with Crippen molar-refractivity contribution in [2.45, 2.75) is 6.92 Å². The molecule has 6 heteroatoms. The number of nitrogens with zero attached hydrogens (tertiary/aromatic N) is 1. The van der Waals surface area contributed by atoms with E-state index in [1.54, 1.807) is 31.3 Å². The van der Waals surface area contributed by atoms with Crippen molar-refractivity contribution in [3.8, 4) is 11.5 Å². The van der Waals surface area contributed by atoms with E-state index < -0.39 is 0 Å². The maximum absolute atomic E-state index is 12.9. The second kappa shape index (κ2) is 7.29. The molecule has 25 heavy (non-hydrogen) atoms. The topological polar surface area (TPSA) is 38.8 Å². The molecule has 2 aromatic rings. The number of aryl methyl sites for hydroxylation is 1. The lowest BCUT2D eigenvalue weighted by Crippen LogP contribution is -2.28. The van der Waals surface area contributed by atoms with Crippen LogP contribution in [0.2, 0.25) is 0 Å². The Labute approximate surface area is 156 Å². The Morgan fingerprint density at radius 3 is 2.56 bits per heavy atom. The first kappa shape index (κ1) is 17.5. The SMILES string of the molecule is COc1ccc(C=C2SC(=S)N(c3ccccc3C)C2=O)c(OC)c1. The van der Waals surface area contributed by atoms with Gasteiger partial charge in [-0.25, -0.2) is 0 Å². The molecule has 1 heterocycles. The summed E-state index contributed by atoms with van der Waals surface area (Å²) < 4.78 is 11.1. The largest absolute Gasteiger partial charge is 0.497 e. The van der Waals surface area contributed by atoms with Gasteiger partial charge in [0.2, 0.25) is 0 Å². The van der Waals surface area contributed by atoms with Crippen LogP contribution in [-0.2, 0) is 4.79 Å². The van der Waals surface area contributed by atoms with Crippen LogP contribution in [0.4, 0.5) is 5.69 Å². The van der Waals surface area contributed by atoms with Gasteiger partial charge in [-0.15, -0.1) is 0 Å². The quantitative estimate of drug-likeness (QED) is 0.588. The molecule has 0 spiro atoms. The summed E-state index contributed by atoms with van der Waals surface area (Å²) in [5.41, 5.74) is 2.62. The van der Waals surface area contributed by atoms with Crippen LogP contribution in [0.15, 0.2) is 47.4 Å². The molecule has 0 aliphatic carbocycles. The summed E-state index contributed by atoms with van der Waals surface area (Å²) >= 11 is 6.72. The number of methoxy groups -OCH3 is 2. The Balaban J connectivity index is 1.97. The number of rotatable bonds is 4. The van der Waals surface area contributed by atoms with Gasteiger partial charge in [-0.2, -0.15) is 0 Å². The first-order chi connectivity index (χ1) is 12.0. The Morgan fingerprint density at radius 1 is 1.12 bits per heavy atom. The molecule has 0 aromatic heterocycles. The van der Waals surface area contributed by atoms with Crippen LogP contribution in [0, 0.1) is 6.92 Å². The summed E-state index contributed by atoms with van der Waals surface area (Å²) in [5.74, 6) is 1.21. The molecule has 0 N–H and O–H groups in total. The number of amides is 1. The predicted octanol–water partition coefficient (Wildman–Crippen LogP) is 4.42. The number of hydrogen-bond donors (Lipinski definition) is 0. The van der Waals surface area contributed by atoms with E-state index >= 15 is 0 Å². The molecule has 0 bridgehead atoms. The lowest BCUT2D eigenvalue weighted by Gasteiger charge is -2.16. The van der Waals surface area contributed by atoms with Crippen LogP contribution in [0.1, 0.15) is 11.1 Å². The molecule has 4 nitrogen and oxygen atoms in total. The van der Waals surface area contributed by atoms with Crippen LogP contribution >= 0.6 is 24.0 Å². The Kier molecular flexibility index (Phi) is 5.11. The smallest absolute Gasteiger partial charge is 0.270 e. The van der Waals surface area contributed by atoms with Crippen molar-refractivity contribution in [1.29, 1.82) is 0 Å². The zero-order chi connectivity index (χ0) is 18.0. The molecular formula is C19H17NO3S2. The average Bonchev–Trinajstić information content (AvgIpc) is 2.89. The van der Waals surface area contributed by atoms with Gasteiger partial charge in [-0.1, -0.05) is 42.2 Å². The molecule has 0 radical (unpaired) electrons. The first-order valence-electron chi connectivity index (χ1n) is 7.60. The average molecular weight is 371 g/mol. The molecule has 3 rings (SSSR count). The van der Waals surface area contributed by atoms with Crippen LogP contribution in [0.5, 0.6) is 11.5 Å². The summed E-state index contributed by atoms with van der Waals surface area (Å²) in [6.07, 6.45) is 1.80. The molecule has 1 aliphatic rings. The van der Waals surface area contributed by atoms with E-state index in [2.05, 4.69) is 0 Å². The van der Waals surface area contributed by atoms with Crippen molar-refractivity contribution in [3.63, 3.8) is 0 Å². The van der Waals surface area contributed by atoms with Gasteiger partial charge >= 0.3 is 0 Å². The van der Waals surface area contributed by atoms with E-state index in [0.717, 1.165) is 16.8 Å². The number of carbonyl (C=O) groups is 1. The van der Waals surface area contributed by atoms with Gasteiger partial charge in [-0.05, 0) is 36.8 Å². The number of ether oxygens (including phenoxy) is 2. The van der Waals surface area contributed by atoms with E-state index in [4.69, 9.17) is 21.7 Å². The van der Waals surface area contributed by atoms with E-state index in [0.29, 0.717) is 20.7 Å². The fourth-order valence-electron chi connectivity index (χ4n) is 2.57. The van der Waals surface area contributed by atoms with E-state index in [1.807, 2.05) is 43.3 Å². The van der Waals surface area contributed by atoms with Gasteiger partial charge in [-0.3, -0.25) is 9.69 Å².